The van der Waals surface area contributed by atoms with Gasteiger partial charge < -0.3 is 9.80 Å². The third-order valence-corrected chi connectivity index (χ3v) is 8.69. The van der Waals surface area contributed by atoms with Crippen molar-refractivity contribution in [1.82, 2.24) is 0 Å². The van der Waals surface area contributed by atoms with Crippen molar-refractivity contribution in [2.24, 2.45) is 0 Å². The smallest absolute Gasteiger partial charge is 0.0540 e. The molecule has 0 aliphatic heterocycles. The van der Waals surface area contributed by atoms with Gasteiger partial charge in [-0.15, -0.1) is 0 Å². The summed E-state index contributed by atoms with van der Waals surface area (Å²) in [5.41, 5.74) is 9.22. The highest BCUT2D eigenvalue weighted by molar-refractivity contribution is 5.99. The van der Waals surface area contributed by atoms with Crippen LogP contribution in [-0.4, -0.2) is 0 Å². The minimum absolute atomic E-state index is 0.984. The van der Waals surface area contributed by atoms with E-state index in [4.69, 9.17) is 0 Å². The molecule has 0 atom stereocenters. The molecule has 7 aromatic rings. The monoisotopic (exact) mass is 606 g/mol. The van der Waals surface area contributed by atoms with Crippen molar-refractivity contribution in [2.45, 2.75) is 20.3 Å². The first-order valence-electron chi connectivity index (χ1n) is 16.4. The van der Waals surface area contributed by atoms with Crippen LogP contribution in [0, 0.1) is 0 Å². The van der Waals surface area contributed by atoms with E-state index in [2.05, 4.69) is 206 Å². The molecule has 0 N–H and O–H groups in total. The first-order chi connectivity index (χ1) is 23.2. The largest absolute Gasteiger partial charge is 0.310 e. The molecule has 7 rings (SSSR count). The lowest BCUT2D eigenvalue weighted by atomic mass is 10.0. The molecular weight excluding hydrogens is 569 g/mol. The van der Waals surface area contributed by atoms with Gasteiger partial charge in [0.25, 0.3) is 0 Å². The van der Waals surface area contributed by atoms with Crippen molar-refractivity contribution in [2.75, 3.05) is 9.80 Å². The lowest BCUT2D eigenvalue weighted by molar-refractivity contribution is 1.17. The number of allylic oxidation sites excluding steroid dienone is 3. The summed E-state index contributed by atoms with van der Waals surface area (Å²) >= 11 is 0. The van der Waals surface area contributed by atoms with Crippen LogP contribution in [0.15, 0.2) is 188 Å². The van der Waals surface area contributed by atoms with Crippen LogP contribution in [0.1, 0.15) is 20.3 Å². The van der Waals surface area contributed by atoms with Gasteiger partial charge in [0.2, 0.25) is 0 Å². The third kappa shape index (κ3) is 6.06. The highest BCUT2D eigenvalue weighted by Gasteiger charge is 2.17. The zero-order chi connectivity index (χ0) is 32.0. The lowest BCUT2D eigenvalue weighted by Gasteiger charge is -2.28. The second kappa shape index (κ2) is 13.6. The van der Waals surface area contributed by atoms with E-state index in [-0.39, 0.29) is 0 Å². The molecule has 0 unspecified atom stereocenters. The Bertz CT molecular complexity index is 2160. The van der Waals surface area contributed by atoms with Crippen molar-refractivity contribution in [3.63, 3.8) is 0 Å². The molecule has 0 aliphatic carbocycles. The van der Waals surface area contributed by atoms with E-state index in [1.54, 1.807) is 0 Å². The molecule has 0 amide bonds. The lowest BCUT2D eigenvalue weighted by Crippen LogP contribution is -2.15. The van der Waals surface area contributed by atoms with Crippen LogP contribution >= 0.6 is 0 Å². The van der Waals surface area contributed by atoms with Crippen LogP contribution in [-0.2, 0) is 0 Å². The Hall–Kier alpha value is -5.86. The van der Waals surface area contributed by atoms with Gasteiger partial charge in [-0.25, -0.2) is 0 Å². The average molecular weight is 607 g/mol. The molecule has 0 spiro atoms. The van der Waals surface area contributed by atoms with Gasteiger partial charge in [0.05, 0.1) is 11.4 Å². The topological polar surface area (TPSA) is 6.48 Å². The highest BCUT2D eigenvalue weighted by atomic mass is 15.2. The maximum Gasteiger partial charge on any atom is 0.0540 e. The molecule has 0 fully saturated rings. The summed E-state index contributed by atoms with van der Waals surface area (Å²) in [4.78, 5) is 4.71. The van der Waals surface area contributed by atoms with Gasteiger partial charge in [-0.3, -0.25) is 0 Å². The summed E-state index contributed by atoms with van der Waals surface area (Å²) in [6, 6.07) is 58.7. The van der Waals surface area contributed by atoms with Crippen LogP contribution in [0.25, 0.3) is 32.7 Å². The van der Waals surface area contributed by atoms with E-state index >= 15 is 0 Å². The fourth-order valence-corrected chi connectivity index (χ4v) is 6.38. The number of anilines is 5. The van der Waals surface area contributed by atoms with Crippen LogP contribution in [0.4, 0.5) is 28.4 Å². The van der Waals surface area contributed by atoms with Crippen molar-refractivity contribution in [3.05, 3.63) is 188 Å². The summed E-state index contributed by atoms with van der Waals surface area (Å²) in [7, 11) is 0. The van der Waals surface area contributed by atoms with Crippen LogP contribution < -0.4 is 9.80 Å². The number of fused-ring (bicyclic) bond motifs is 2. The Morgan fingerprint density at radius 3 is 1.57 bits per heavy atom. The summed E-state index contributed by atoms with van der Waals surface area (Å²) < 4.78 is 0. The maximum absolute atomic E-state index is 2.36. The summed E-state index contributed by atoms with van der Waals surface area (Å²) in [6.45, 7) is 4.29. The predicted molar refractivity (Wildman–Crippen MR) is 203 cm³/mol. The van der Waals surface area contributed by atoms with Gasteiger partial charge in [0.1, 0.15) is 0 Å². The molecule has 2 heteroatoms. The summed E-state index contributed by atoms with van der Waals surface area (Å²) in [6.07, 6.45) is 7.62. The predicted octanol–water partition coefficient (Wildman–Crippen LogP) is 13.1. The molecule has 7 aromatic carbocycles. The van der Waals surface area contributed by atoms with Crippen molar-refractivity contribution in [1.29, 1.82) is 0 Å². The zero-order valence-corrected chi connectivity index (χ0v) is 26.9. The first-order valence-corrected chi connectivity index (χ1v) is 16.4. The van der Waals surface area contributed by atoms with E-state index < -0.39 is 0 Å². The van der Waals surface area contributed by atoms with E-state index in [0.717, 1.165) is 34.9 Å². The van der Waals surface area contributed by atoms with E-state index in [1.165, 1.54) is 38.4 Å². The van der Waals surface area contributed by atoms with Crippen LogP contribution in [0.5, 0.6) is 0 Å². The number of benzene rings is 7. The second-order valence-corrected chi connectivity index (χ2v) is 11.6. The fourth-order valence-electron chi connectivity index (χ4n) is 6.38. The van der Waals surface area contributed by atoms with Crippen molar-refractivity contribution < 1.29 is 0 Å². The highest BCUT2D eigenvalue weighted by Crippen LogP contribution is 2.40. The van der Waals surface area contributed by atoms with Crippen LogP contribution in [0.2, 0.25) is 0 Å². The Labute approximate surface area is 278 Å². The Kier molecular flexibility index (Phi) is 8.66. The number of rotatable bonds is 9. The van der Waals surface area contributed by atoms with Gasteiger partial charge in [-0.05, 0) is 89.9 Å². The molecule has 0 bridgehead atoms. The summed E-state index contributed by atoms with van der Waals surface area (Å²) in [5, 5.41) is 4.91. The molecule has 47 heavy (non-hydrogen) atoms. The summed E-state index contributed by atoms with van der Waals surface area (Å²) in [5.74, 6) is 0. The van der Waals surface area contributed by atoms with Gasteiger partial charge in [0.15, 0.2) is 0 Å². The van der Waals surface area contributed by atoms with Crippen molar-refractivity contribution in [3.8, 4) is 11.1 Å². The van der Waals surface area contributed by atoms with Gasteiger partial charge in [0, 0.05) is 33.5 Å². The van der Waals surface area contributed by atoms with Gasteiger partial charge in [-0.2, -0.15) is 0 Å². The fraction of sp³-hybridized carbons (Fsp3) is 0.0667. The quantitative estimate of drug-likeness (QED) is 0.151. The SMILES string of the molecule is CC=C(C=CCC)N(c1ccc(-c2ccc(N(c3ccccc3)c3cccc4ccccc34)cc2)cc1)c1cccc2ccccc12. The van der Waals surface area contributed by atoms with Crippen LogP contribution in [0.3, 0.4) is 0 Å². The number of nitrogens with zero attached hydrogens (tertiary/aromatic N) is 2. The maximum atomic E-state index is 2.36. The average Bonchev–Trinajstić information content (AvgIpc) is 3.14. The zero-order valence-electron chi connectivity index (χ0n) is 26.9. The molecule has 0 aromatic heterocycles. The molecule has 0 aliphatic rings. The molecular formula is C45H38N2. The van der Waals surface area contributed by atoms with E-state index in [9.17, 15) is 0 Å². The normalized spacial score (nSPS) is 11.7. The second-order valence-electron chi connectivity index (χ2n) is 11.6. The molecule has 0 heterocycles. The van der Waals surface area contributed by atoms with E-state index in [0.29, 0.717) is 0 Å². The number of para-hydroxylation sites is 1. The third-order valence-electron chi connectivity index (χ3n) is 8.69. The Morgan fingerprint density at radius 1 is 0.489 bits per heavy atom. The van der Waals surface area contributed by atoms with E-state index in [1.807, 2.05) is 0 Å². The molecule has 0 saturated carbocycles. The minimum atomic E-state index is 0.984. The van der Waals surface area contributed by atoms with Gasteiger partial charge >= 0.3 is 0 Å². The van der Waals surface area contributed by atoms with Crippen molar-refractivity contribution >= 4 is 50.0 Å². The molecule has 2 nitrogen and oxygen atoms in total. The standard InChI is InChI=1S/C45H38N2/c1-3-5-19-38(4-2)46(44-24-13-17-36-15-9-11-22-42(36)44)40-30-26-34(27-31-40)35-28-32-41(33-29-35)47(39-20-7-6-8-21-39)45-25-14-18-37-16-10-12-23-43(37)45/h4-33H,3H2,1-2H3. The van der Waals surface area contributed by atoms with Gasteiger partial charge in [-0.1, -0.05) is 134 Å². The Morgan fingerprint density at radius 2 is 0.979 bits per heavy atom. The molecule has 0 saturated heterocycles. The number of hydrogen-bond acceptors (Lipinski definition) is 2. The minimum Gasteiger partial charge on any atom is -0.310 e. The molecule has 0 radical (unpaired) electrons. The Balaban J connectivity index is 1.25. The number of hydrogen-bond donors (Lipinski definition) is 0. The first kappa shape index (κ1) is 29.8. The molecule has 228 valence electrons.